The van der Waals surface area contributed by atoms with Gasteiger partial charge in [0, 0.05) is 40.1 Å². The standard InChI is InChI=1S/C12H20N4O/c1-16(2)11-10(13-7-8-14-11)15-9-12(17-3)5-4-6-12/h7-8H,4-6,9H2,1-3H3,(H,13,15). The zero-order valence-corrected chi connectivity index (χ0v) is 10.7. The third-order valence-electron chi connectivity index (χ3n) is 3.38. The summed E-state index contributed by atoms with van der Waals surface area (Å²) < 4.78 is 5.57. The first-order valence-corrected chi connectivity index (χ1v) is 5.94. The molecule has 1 aliphatic carbocycles. The van der Waals surface area contributed by atoms with Gasteiger partial charge in [-0.2, -0.15) is 0 Å². The first-order valence-electron chi connectivity index (χ1n) is 5.94. The molecule has 0 atom stereocenters. The summed E-state index contributed by atoms with van der Waals surface area (Å²) in [6, 6.07) is 0. The van der Waals surface area contributed by atoms with E-state index < -0.39 is 0 Å². The highest BCUT2D eigenvalue weighted by Crippen LogP contribution is 2.35. The minimum absolute atomic E-state index is 0.00110. The van der Waals surface area contributed by atoms with Gasteiger partial charge >= 0.3 is 0 Å². The maximum absolute atomic E-state index is 5.57. The van der Waals surface area contributed by atoms with Crippen molar-refractivity contribution in [3.05, 3.63) is 12.4 Å². The molecule has 0 aromatic carbocycles. The predicted octanol–water partition coefficient (Wildman–Crippen LogP) is 1.52. The maximum atomic E-state index is 5.57. The van der Waals surface area contributed by atoms with E-state index in [-0.39, 0.29) is 5.60 Å². The molecule has 1 fully saturated rings. The van der Waals surface area contributed by atoms with Gasteiger partial charge in [0.25, 0.3) is 0 Å². The van der Waals surface area contributed by atoms with Gasteiger partial charge in [0.1, 0.15) is 0 Å². The summed E-state index contributed by atoms with van der Waals surface area (Å²) in [5, 5.41) is 3.35. The van der Waals surface area contributed by atoms with E-state index in [0.717, 1.165) is 31.0 Å². The summed E-state index contributed by atoms with van der Waals surface area (Å²) in [7, 11) is 5.71. The monoisotopic (exact) mass is 236 g/mol. The Morgan fingerprint density at radius 2 is 2.06 bits per heavy atom. The van der Waals surface area contributed by atoms with Crippen LogP contribution in [0.25, 0.3) is 0 Å². The van der Waals surface area contributed by atoms with Crippen molar-refractivity contribution < 1.29 is 4.74 Å². The van der Waals surface area contributed by atoms with Gasteiger partial charge in [0.05, 0.1) is 5.60 Å². The van der Waals surface area contributed by atoms with Crippen LogP contribution in [0, 0.1) is 0 Å². The average Bonchev–Trinajstić information content (AvgIpc) is 2.28. The quantitative estimate of drug-likeness (QED) is 0.840. The summed E-state index contributed by atoms with van der Waals surface area (Å²) in [4.78, 5) is 10.6. The lowest BCUT2D eigenvalue weighted by Gasteiger charge is -2.40. The fraction of sp³-hybridized carbons (Fsp3) is 0.667. The predicted molar refractivity (Wildman–Crippen MR) is 68.4 cm³/mol. The summed E-state index contributed by atoms with van der Waals surface area (Å²) >= 11 is 0. The summed E-state index contributed by atoms with van der Waals surface area (Å²) in [6.45, 7) is 0.795. The van der Waals surface area contributed by atoms with Gasteiger partial charge in [0.15, 0.2) is 11.6 Å². The van der Waals surface area contributed by atoms with Crippen LogP contribution in [0.1, 0.15) is 19.3 Å². The molecule has 1 aromatic heterocycles. The highest BCUT2D eigenvalue weighted by Gasteiger charge is 2.36. The molecule has 0 amide bonds. The van der Waals surface area contributed by atoms with Gasteiger partial charge in [-0.15, -0.1) is 0 Å². The van der Waals surface area contributed by atoms with Crippen LogP contribution in [-0.2, 0) is 4.74 Å². The van der Waals surface area contributed by atoms with Gasteiger partial charge < -0.3 is 15.0 Å². The Labute approximate surface area is 102 Å². The number of aromatic nitrogens is 2. The number of anilines is 2. The van der Waals surface area contributed by atoms with Crippen molar-refractivity contribution in [2.75, 3.05) is 38.0 Å². The van der Waals surface area contributed by atoms with Crippen LogP contribution in [0.2, 0.25) is 0 Å². The normalized spacial score (nSPS) is 17.4. The molecule has 0 spiro atoms. The zero-order chi connectivity index (χ0) is 12.3. The second-order valence-electron chi connectivity index (χ2n) is 4.72. The molecule has 0 bridgehead atoms. The smallest absolute Gasteiger partial charge is 0.171 e. The van der Waals surface area contributed by atoms with E-state index in [9.17, 15) is 0 Å². The zero-order valence-electron chi connectivity index (χ0n) is 10.7. The molecular weight excluding hydrogens is 216 g/mol. The number of ether oxygens (including phenoxy) is 1. The topological polar surface area (TPSA) is 50.3 Å². The summed E-state index contributed by atoms with van der Waals surface area (Å²) in [5.41, 5.74) is 0.00110. The first kappa shape index (κ1) is 12.1. The first-order chi connectivity index (χ1) is 8.17. The van der Waals surface area contributed by atoms with E-state index in [1.807, 2.05) is 19.0 Å². The lowest BCUT2D eigenvalue weighted by molar-refractivity contribution is -0.0601. The van der Waals surface area contributed by atoms with E-state index in [4.69, 9.17) is 4.74 Å². The van der Waals surface area contributed by atoms with E-state index in [0.29, 0.717) is 0 Å². The number of methoxy groups -OCH3 is 1. The van der Waals surface area contributed by atoms with Crippen molar-refractivity contribution in [1.82, 2.24) is 9.97 Å². The molecule has 0 saturated heterocycles. The van der Waals surface area contributed by atoms with Crippen LogP contribution < -0.4 is 10.2 Å². The molecule has 94 valence electrons. The molecule has 0 unspecified atom stereocenters. The Bertz CT molecular complexity index is 371. The third kappa shape index (κ3) is 2.49. The Morgan fingerprint density at radius 3 is 2.59 bits per heavy atom. The molecule has 1 aliphatic rings. The molecule has 5 nitrogen and oxygen atoms in total. The Hall–Kier alpha value is -1.36. The second-order valence-corrected chi connectivity index (χ2v) is 4.72. The van der Waals surface area contributed by atoms with Crippen LogP contribution in [0.4, 0.5) is 11.6 Å². The van der Waals surface area contributed by atoms with Crippen molar-refractivity contribution >= 4 is 11.6 Å². The fourth-order valence-corrected chi connectivity index (χ4v) is 2.05. The Morgan fingerprint density at radius 1 is 1.35 bits per heavy atom. The Balaban J connectivity index is 2.03. The number of hydrogen-bond donors (Lipinski definition) is 1. The van der Waals surface area contributed by atoms with Crippen LogP contribution >= 0.6 is 0 Å². The summed E-state index contributed by atoms with van der Waals surface area (Å²) in [6.07, 6.45) is 6.89. The Kier molecular flexibility index (Phi) is 3.47. The van der Waals surface area contributed by atoms with Crippen molar-refractivity contribution in [1.29, 1.82) is 0 Å². The van der Waals surface area contributed by atoms with Crippen molar-refractivity contribution in [3.63, 3.8) is 0 Å². The van der Waals surface area contributed by atoms with Gasteiger partial charge in [-0.05, 0) is 19.3 Å². The van der Waals surface area contributed by atoms with E-state index in [1.54, 1.807) is 19.5 Å². The number of hydrogen-bond acceptors (Lipinski definition) is 5. The molecule has 0 radical (unpaired) electrons. The minimum atomic E-state index is 0.00110. The maximum Gasteiger partial charge on any atom is 0.171 e. The highest BCUT2D eigenvalue weighted by molar-refractivity contribution is 5.59. The molecule has 1 saturated carbocycles. The molecule has 17 heavy (non-hydrogen) atoms. The number of nitrogens with one attached hydrogen (secondary N) is 1. The fourth-order valence-electron chi connectivity index (χ4n) is 2.05. The largest absolute Gasteiger partial charge is 0.376 e. The van der Waals surface area contributed by atoms with Crippen molar-refractivity contribution in [3.8, 4) is 0 Å². The minimum Gasteiger partial charge on any atom is -0.376 e. The lowest BCUT2D eigenvalue weighted by Crippen LogP contribution is -2.45. The van der Waals surface area contributed by atoms with E-state index in [2.05, 4.69) is 15.3 Å². The molecule has 2 rings (SSSR count). The summed E-state index contributed by atoms with van der Waals surface area (Å²) in [5.74, 6) is 1.68. The molecular formula is C12H20N4O. The van der Waals surface area contributed by atoms with Gasteiger partial charge in [-0.25, -0.2) is 9.97 Å². The van der Waals surface area contributed by atoms with Crippen molar-refractivity contribution in [2.24, 2.45) is 0 Å². The van der Waals surface area contributed by atoms with E-state index in [1.165, 1.54) is 6.42 Å². The van der Waals surface area contributed by atoms with Crippen LogP contribution in [0.5, 0.6) is 0 Å². The van der Waals surface area contributed by atoms with Crippen LogP contribution in [0.15, 0.2) is 12.4 Å². The van der Waals surface area contributed by atoms with Crippen LogP contribution in [-0.4, -0.2) is 43.3 Å². The lowest BCUT2D eigenvalue weighted by atomic mass is 9.80. The van der Waals surface area contributed by atoms with Gasteiger partial charge in [-0.3, -0.25) is 0 Å². The van der Waals surface area contributed by atoms with Gasteiger partial charge in [0.2, 0.25) is 0 Å². The average molecular weight is 236 g/mol. The molecule has 1 aromatic rings. The number of nitrogens with zero attached hydrogens (tertiary/aromatic N) is 3. The molecule has 1 heterocycles. The molecule has 5 heteroatoms. The SMILES string of the molecule is COC1(CNc2nccnc2N(C)C)CCC1. The molecule has 0 aliphatic heterocycles. The van der Waals surface area contributed by atoms with Crippen molar-refractivity contribution in [2.45, 2.75) is 24.9 Å². The molecule has 1 N–H and O–H groups in total. The van der Waals surface area contributed by atoms with E-state index >= 15 is 0 Å². The third-order valence-corrected chi connectivity index (χ3v) is 3.38. The highest BCUT2D eigenvalue weighted by atomic mass is 16.5. The van der Waals surface area contributed by atoms with Crippen LogP contribution in [0.3, 0.4) is 0 Å². The number of rotatable bonds is 5. The van der Waals surface area contributed by atoms with Gasteiger partial charge in [-0.1, -0.05) is 0 Å². The second kappa shape index (κ2) is 4.87.